The zero-order valence-electron chi connectivity index (χ0n) is 16.0. The molecule has 0 bridgehead atoms. The van der Waals surface area contributed by atoms with E-state index in [2.05, 4.69) is 10.9 Å². The molecule has 1 aliphatic heterocycles. The fourth-order valence-corrected chi connectivity index (χ4v) is 3.40. The highest BCUT2D eigenvalue weighted by Crippen LogP contribution is 2.28. The van der Waals surface area contributed by atoms with Crippen molar-refractivity contribution in [1.82, 2.24) is 15.8 Å². The molecule has 1 fully saturated rings. The molecule has 1 heterocycles. The van der Waals surface area contributed by atoms with E-state index < -0.39 is 0 Å². The number of hydrogen-bond acceptors (Lipinski definition) is 5. The first kappa shape index (κ1) is 20.1. The number of aliphatic hydroxyl groups excluding tert-OH is 1. The average Bonchev–Trinajstić information content (AvgIpc) is 3.23. The largest absolute Gasteiger partial charge is 0.497 e. The van der Waals surface area contributed by atoms with Gasteiger partial charge in [-0.3, -0.25) is 10.2 Å². The van der Waals surface area contributed by atoms with Crippen LogP contribution in [0.4, 0.5) is 0 Å². The number of ether oxygens (including phenoxy) is 1. The Balaban J connectivity index is 1.71. The molecule has 1 amide bonds. The zero-order valence-corrected chi connectivity index (χ0v) is 16.0. The van der Waals surface area contributed by atoms with E-state index in [1.54, 1.807) is 12.0 Å². The molecule has 1 aliphatic rings. The smallest absolute Gasteiger partial charge is 0.229 e. The molecule has 3 N–H and O–H groups in total. The molecule has 2 atom stereocenters. The summed E-state index contributed by atoms with van der Waals surface area (Å²) in [6.45, 7) is 1.22. The number of hydrogen-bond donors (Lipinski definition) is 3. The SMILES string of the molecule is COc1cccc(C2NNCC2C(=O)N(C/C=C/c2ccccc2)CCO)c1. The second kappa shape index (κ2) is 10.0. The van der Waals surface area contributed by atoms with Crippen molar-refractivity contribution in [2.75, 3.05) is 33.4 Å². The molecule has 2 aromatic rings. The normalized spacial score (nSPS) is 19.1. The number of rotatable bonds is 8. The van der Waals surface area contributed by atoms with E-state index >= 15 is 0 Å². The van der Waals surface area contributed by atoms with E-state index in [1.165, 1.54) is 0 Å². The average molecular weight is 381 g/mol. The van der Waals surface area contributed by atoms with E-state index in [1.807, 2.05) is 66.7 Å². The third kappa shape index (κ3) is 4.98. The van der Waals surface area contributed by atoms with Crippen molar-refractivity contribution in [3.05, 3.63) is 71.8 Å². The molecular weight excluding hydrogens is 354 g/mol. The van der Waals surface area contributed by atoms with Crippen LogP contribution >= 0.6 is 0 Å². The van der Waals surface area contributed by atoms with Gasteiger partial charge in [0.25, 0.3) is 0 Å². The quantitative estimate of drug-likeness (QED) is 0.652. The summed E-state index contributed by atoms with van der Waals surface area (Å²) in [6.07, 6.45) is 3.95. The van der Waals surface area contributed by atoms with Gasteiger partial charge in [-0.2, -0.15) is 0 Å². The van der Waals surface area contributed by atoms with E-state index in [0.717, 1.165) is 16.9 Å². The molecule has 2 aromatic carbocycles. The number of nitrogens with zero attached hydrogens (tertiary/aromatic N) is 1. The van der Waals surface area contributed by atoms with Crippen LogP contribution in [-0.4, -0.2) is 49.3 Å². The second-order valence-corrected chi connectivity index (χ2v) is 6.71. The van der Waals surface area contributed by atoms with Crippen LogP contribution in [0.1, 0.15) is 17.2 Å². The Labute approximate surface area is 165 Å². The second-order valence-electron chi connectivity index (χ2n) is 6.71. The number of benzene rings is 2. The van der Waals surface area contributed by atoms with Crippen molar-refractivity contribution in [2.45, 2.75) is 6.04 Å². The number of carbonyl (C=O) groups excluding carboxylic acids is 1. The fourth-order valence-electron chi connectivity index (χ4n) is 3.40. The molecule has 0 radical (unpaired) electrons. The third-order valence-electron chi connectivity index (χ3n) is 4.87. The number of carbonyl (C=O) groups is 1. The summed E-state index contributed by atoms with van der Waals surface area (Å²) in [4.78, 5) is 14.9. The topological polar surface area (TPSA) is 73.8 Å². The number of methoxy groups -OCH3 is 1. The predicted molar refractivity (Wildman–Crippen MR) is 110 cm³/mol. The van der Waals surface area contributed by atoms with Gasteiger partial charge >= 0.3 is 0 Å². The lowest BCUT2D eigenvalue weighted by Crippen LogP contribution is -2.40. The van der Waals surface area contributed by atoms with Crippen LogP contribution in [0.5, 0.6) is 5.75 Å². The molecule has 0 spiro atoms. The molecule has 0 aliphatic carbocycles. The highest BCUT2D eigenvalue weighted by molar-refractivity contribution is 5.80. The van der Waals surface area contributed by atoms with Crippen LogP contribution in [0.25, 0.3) is 6.08 Å². The standard InChI is InChI=1S/C22H27N3O3/c1-28-19-11-5-10-18(15-19)21-20(16-23-24-21)22(27)25(13-14-26)12-6-9-17-7-3-2-4-8-17/h2-11,15,20-21,23-24,26H,12-14,16H2,1H3/b9-6+. The van der Waals surface area contributed by atoms with Crippen LogP contribution in [0, 0.1) is 5.92 Å². The Kier molecular flexibility index (Phi) is 7.19. The summed E-state index contributed by atoms with van der Waals surface area (Å²) in [7, 11) is 1.63. The monoisotopic (exact) mass is 381 g/mol. The summed E-state index contributed by atoms with van der Waals surface area (Å²) < 4.78 is 5.31. The van der Waals surface area contributed by atoms with Gasteiger partial charge in [0.05, 0.1) is 25.7 Å². The van der Waals surface area contributed by atoms with E-state index in [0.29, 0.717) is 19.6 Å². The molecular formula is C22H27N3O3. The summed E-state index contributed by atoms with van der Waals surface area (Å²) in [5, 5.41) is 9.43. The third-order valence-corrected chi connectivity index (χ3v) is 4.87. The molecule has 0 saturated carbocycles. The van der Waals surface area contributed by atoms with Crippen LogP contribution in [0.2, 0.25) is 0 Å². The lowest BCUT2D eigenvalue weighted by Gasteiger charge is -2.26. The maximum absolute atomic E-state index is 13.2. The van der Waals surface area contributed by atoms with Crippen LogP contribution in [0.15, 0.2) is 60.7 Å². The number of hydrazine groups is 1. The fraction of sp³-hybridized carbons (Fsp3) is 0.318. The zero-order chi connectivity index (χ0) is 19.8. The van der Waals surface area contributed by atoms with Gasteiger partial charge in [-0.1, -0.05) is 54.6 Å². The highest BCUT2D eigenvalue weighted by atomic mass is 16.5. The van der Waals surface area contributed by atoms with Gasteiger partial charge in [-0.25, -0.2) is 5.43 Å². The van der Waals surface area contributed by atoms with Gasteiger partial charge in [0, 0.05) is 19.6 Å². The Hall–Kier alpha value is -2.67. The van der Waals surface area contributed by atoms with Crippen molar-refractivity contribution in [3.8, 4) is 5.75 Å². The minimum Gasteiger partial charge on any atom is -0.497 e. The molecule has 2 unspecified atom stereocenters. The summed E-state index contributed by atoms with van der Waals surface area (Å²) in [6, 6.07) is 17.5. The van der Waals surface area contributed by atoms with E-state index in [4.69, 9.17) is 4.74 Å². The van der Waals surface area contributed by atoms with Gasteiger partial charge in [0.1, 0.15) is 5.75 Å². The lowest BCUT2D eigenvalue weighted by molar-refractivity contribution is -0.135. The van der Waals surface area contributed by atoms with Crippen LogP contribution < -0.4 is 15.6 Å². The van der Waals surface area contributed by atoms with Crippen molar-refractivity contribution in [1.29, 1.82) is 0 Å². The first-order valence-corrected chi connectivity index (χ1v) is 9.46. The molecule has 28 heavy (non-hydrogen) atoms. The first-order valence-electron chi connectivity index (χ1n) is 9.46. The predicted octanol–water partition coefficient (Wildman–Crippen LogP) is 1.99. The molecule has 6 heteroatoms. The molecule has 0 aromatic heterocycles. The summed E-state index contributed by atoms with van der Waals surface area (Å²) in [5.41, 5.74) is 8.37. The number of aliphatic hydroxyl groups is 1. The lowest BCUT2D eigenvalue weighted by atomic mass is 9.93. The van der Waals surface area contributed by atoms with Gasteiger partial charge in [-0.05, 0) is 23.3 Å². The Morgan fingerprint density at radius 3 is 2.82 bits per heavy atom. The van der Waals surface area contributed by atoms with E-state index in [-0.39, 0.29) is 24.5 Å². The van der Waals surface area contributed by atoms with Crippen molar-refractivity contribution < 1.29 is 14.6 Å². The number of nitrogens with one attached hydrogen (secondary N) is 2. The Bertz CT molecular complexity index is 795. The Morgan fingerprint density at radius 2 is 2.07 bits per heavy atom. The van der Waals surface area contributed by atoms with Crippen molar-refractivity contribution >= 4 is 12.0 Å². The highest BCUT2D eigenvalue weighted by Gasteiger charge is 2.36. The van der Waals surface area contributed by atoms with Crippen LogP contribution in [-0.2, 0) is 4.79 Å². The maximum Gasteiger partial charge on any atom is 0.229 e. The number of amides is 1. The minimum absolute atomic E-state index is 0.0112. The molecule has 1 saturated heterocycles. The van der Waals surface area contributed by atoms with Gasteiger partial charge in [0.15, 0.2) is 0 Å². The van der Waals surface area contributed by atoms with E-state index in [9.17, 15) is 9.90 Å². The summed E-state index contributed by atoms with van der Waals surface area (Å²) >= 11 is 0. The Morgan fingerprint density at radius 1 is 1.25 bits per heavy atom. The first-order chi connectivity index (χ1) is 13.7. The summed E-state index contributed by atoms with van der Waals surface area (Å²) in [5.74, 6) is 0.510. The van der Waals surface area contributed by atoms with Crippen LogP contribution in [0.3, 0.4) is 0 Å². The van der Waals surface area contributed by atoms with Gasteiger partial charge < -0.3 is 14.7 Å². The molecule has 3 rings (SSSR count). The van der Waals surface area contributed by atoms with Gasteiger partial charge in [0.2, 0.25) is 5.91 Å². The van der Waals surface area contributed by atoms with Crippen molar-refractivity contribution in [2.24, 2.45) is 5.92 Å². The van der Waals surface area contributed by atoms with Gasteiger partial charge in [-0.15, -0.1) is 0 Å². The maximum atomic E-state index is 13.2. The minimum atomic E-state index is -0.260. The molecule has 148 valence electrons. The molecule has 6 nitrogen and oxygen atoms in total. The van der Waals surface area contributed by atoms with Crippen molar-refractivity contribution in [3.63, 3.8) is 0 Å².